The third-order valence-electron chi connectivity index (χ3n) is 0. The molecule has 0 aromatic heterocycles. The maximum atomic E-state index is 0. The van der Waals surface area contributed by atoms with E-state index in [1.807, 2.05) is 0 Å². The average molecular weight is 329 g/mol. The summed E-state index contributed by atoms with van der Waals surface area (Å²) in [5.74, 6) is 0. The van der Waals surface area contributed by atoms with Crippen LogP contribution in [0.1, 0.15) is 0 Å². The minimum atomic E-state index is 0. The van der Waals surface area contributed by atoms with Gasteiger partial charge in [-0.1, -0.05) is 0 Å². The van der Waals surface area contributed by atoms with E-state index >= 15 is 0 Å². The van der Waals surface area contributed by atoms with Gasteiger partial charge in [-0.05, 0) is 0 Å². The molecule has 0 aromatic rings. The van der Waals surface area contributed by atoms with Crippen molar-refractivity contribution in [3.63, 3.8) is 0 Å². The second kappa shape index (κ2) is 143. The molecule has 0 fully saturated rings. The Labute approximate surface area is 59.9 Å². The molecule has 0 saturated heterocycles. The van der Waals surface area contributed by atoms with Crippen molar-refractivity contribution in [1.29, 1.82) is 0 Å². The summed E-state index contributed by atoms with van der Waals surface area (Å²) in [6, 6.07) is 0. The summed E-state index contributed by atoms with van der Waals surface area (Å²) >= 11 is 0. The number of hydrogen-bond donors (Lipinski definition) is 0. The van der Waals surface area contributed by atoms with E-state index in [0.717, 1.165) is 0 Å². The van der Waals surface area contributed by atoms with Crippen molar-refractivity contribution < 1.29 is 42.0 Å². The molecule has 0 amide bonds. The van der Waals surface area contributed by atoms with Gasteiger partial charge >= 0.3 is 17.6 Å². The van der Waals surface area contributed by atoms with E-state index in [2.05, 4.69) is 0 Å². The van der Waals surface area contributed by atoms with Crippen LogP contribution in [0.15, 0.2) is 0 Å². The van der Waals surface area contributed by atoms with E-state index in [4.69, 9.17) is 0 Å². The van der Waals surface area contributed by atoms with Crippen molar-refractivity contribution in [2.75, 3.05) is 0 Å². The summed E-state index contributed by atoms with van der Waals surface area (Å²) in [6.07, 6.45) is 0. The smallest absolute Gasteiger partial charge is 2.00 e. The van der Waals surface area contributed by atoms with Crippen molar-refractivity contribution in [1.82, 2.24) is 0 Å². The fraction of sp³-hybridized carbons (Fsp3) is 0. The van der Waals surface area contributed by atoms with Gasteiger partial charge in [0.15, 0.2) is 0 Å². The molecule has 41 valence electrons. The topological polar surface area (TPSA) is 114 Å². The maximum absolute atomic E-state index is 0. The molecule has 0 saturated carbocycles. The molecular formula is GeIrO4-4. The van der Waals surface area contributed by atoms with E-state index in [1.54, 1.807) is 0 Å². The van der Waals surface area contributed by atoms with Crippen LogP contribution in [0.5, 0.6) is 0 Å². The van der Waals surface area contributed by atoms with Gasteiger partial charge in [0, 0.05) is 20.1 Å². The molecule has 0 aliphatic rings. The van der Waals surface area contributed by atoms with Crippen LogP contribution in [0.3, 0.4) is 0 Å². The van der Waals surface area contributed by atoms with Crippen LogP contribution in [0.25, 0.3) is 0 Å². The van der Waals surface area contributed by atoms with Crippen LogP contribution in [-0.4, -0.2) is 17.6 Å². The van der Waals surface area contributed by atoms with E-state index in [1.165, 1.54) is 0 Å². The van der Waals surface area contributed by atoms with Gasteiger partial charge in [-0.3, -0.25) is 0 Å². The van der Waals surface area contributed by atoms with E-state index in [0.29, 0.717) is 0 Å². The van der Waals surface area contributed by atoms with Crippen LogP contribution >= 0.6 is 0 Å². The zero-order chi connectivity index (χ0) is 0. The van der Waals surface area contributed by atoms with Crippen LogP contribution in [0.2, 0.25) is 0 Å². The minimum absolute atomic E-state index is 0. The Kier molecular flexibility index (Phi) is 5740. The molecule has 1 radical (unpaired) electrons. The van der Waals surface area contributed by atoms with E-state index < -0.39 is 0 Å². The SMILES string of the molecule is [Ge+4].[Ir].[O-2].[O-2].[O-2].[O-2]. The molecule has 0 bridgehead atoms. The van der Waals surface area contributed by atoms with Gasteiger partial charge in [-0.2, -0.15) is 0 Å². The monoisotopic (exact) mass is 331 g/mol. The van der Waals surface area contributed by atoms with Crippen molar-refractivity contribution >= 4 is 17.6 Å². The molecule has 0 heterocycles. The molecule has 0 aromatic carbocycles. The van der Waals surface area contributed by atoms with Gasteiger partial charge < -0.3 is 21.9 Å². The number of hydrogen-bond acceptors (Lipinski definition) is 0. The van der Waals surface area contributed by atoms with Gasteiger partial charge in [-0.25, -0.2) is 0 Å². The Morgan fingerprint density at radius 1 is 0.500 bits per heavy atom. The first-order valence-electron chi connectivity index (χ1n) is 0. The Morgan fingerprint density at radius 2 is 0.500 bits per heavy atom. The maximum Gasteiger partial charge on any atom is 4.00 e. The minimum Gasteiger partial charge on any atom is -2.00 e. The normalized spacial score (nSPS) is 0. The van der Waals surface area contributed by atoms with Crippen LogP contribution in [0.4, 0.5) is 0 Å². The predicted molar refractivity (Wildman–Crippen MR) is 8.50 cm³/mol. The van der Waals surface area contributed by atoms with Crippen molar-refractivity contribution in [2.45, 2.75) is 0 Å². The quantitative estimate of drug-likeness (QED) is 0.515. The molecule has 6 heavy (non-hydrogen) atoms. The zero-order valence-corrected chi connectivity index (χ0v) is 6.96. The Morgan fingerprint density at radius 3 is 0.500 bits per heavy atom. The fourth-order valence-electron chi connectivity index (χ4n) is 0. The average Bonchev–Trinajstić information content (AvgIpc) is 0. The second-order valence-electron chi connectivity index (χ2n) is 0. The standard InChI is InChI=1S/Ge.Ir.4O/q+4;;4*-2. The largest absolute Gasteiger partial charge is 4.00 e. The molecule has 0 aliphatic heterocycles. The molecule has 0 rings (SSSR count). The third-order valence-corrected chi connectivity index (χ3v) is 0. The van der Waals surface area contributed by atoms with Crippen LogP contribution < -0.4 is 0 Å². The first kappa shape index (κ1) is 240. The number of rotatable bonds is 0. The summed E-state index contributed by atoms with van der Waals surface area (Å²) in [7, 11) is 0. The first-order valence-corrected chi connectivity index (χ1v) is 0. The van der Waals surface area contributed by atoms with E-state index in [9.17, 15) is 0 Å². The molecular weight excluding hydrogens is 329 g/mol. The molecule has 6 heteroatoms. The zero-order valence-electron chi connectivity index (χ0n) is 2.47. The van der Waals surface area contributed by atoms with Crippen molar-refractivity contribution in [2.24, 2.45) is 0 Å². The molecule has 4 nitrogen and oxygen atoms in total. The molecule has 0 spiro atoms. The predicted octanol–water partition coefficient (Wildman–Crippen LogP) is -0.859. The summed E-state index contributed by atoms with van der Waals surface area (Å²) < 4.78 is 0. The van der Waals surface area contributed by atoms with Gasteiger partial charge in [0.1, 0.15) is 0 Å². The molecule has 0 aliphatic carbocycles. The van der Waals surface area contributed by atoms with Crippen LogP contribution in [-0.2, 0) is 42.0 Å². The summed E-state index contributed by atoms with van der Waals surface area (Å²) in [6.45, 7) is 0. The molecule has 0 unspecified atom stereocenters. The van der Waals surface area contributed by atoms with Gasteiger partial charge in [0.25, 0.3) is 0 Å². The summed E-state index contributed by atoms with van der Waals surface area (Å²) in [5.41, 5.74) is 0. The van der Waals surface area contributed by atoms with Gasteiger partial charge in [0.05, 0.1) is 0 Å². The first-order chi connectivity index (χ1) is 0. The van der Waals surface area contributed by atoms with Gasteiger partial charge in [-0.15, -0.1) is 0 Å². The Hall–Kier alpha value is 1.03. The summed E-state index contributed by atoms with van der Waals surface area (Å²) in [4.78, 5) is 0. The fourth-order valence-corrected chi connectivity index (χ4v) is 0. The summed E-state index contributed by atoms with van der Waals surface area (Å²) in [5, 5.41) is 0. The third kappa shape index (κ3) is 76.8. The Bertz CT molecular complexity index is 7.51. The molecule has 0 N–H and O–H groups in total. The van der Waals surface area contributed by atoms with E-state index in [-0.39, 0.29) is 59.6 Å². The molecule has 0 atom stereocenters. The second-order valence-corrected chi connectivity index (χ2v) is 0. The van der Waals surface area contributed by atoms with Crippen molar-refractivity contribution in [3.8, 4) is 0 Å². The van der Waals surface area contributed by atoms with Gasteiger partial charge in [0.2, 0.25) is 0 Å². The van der Waals surface area contributed by atoms with Crippen molar-refractivity contribution in [3.05, 3.63) is 0 Å². The Balaban J connectivity index is 0. The van der Waals surface area contributed by atoms with Crippen LogP contribution in [0, 0.1) is 0 Å².